The highest BCUT2D eigenvalue weighted by Gasteiger charge is 2.08. The number of halogens is 3. The number of hydrogen-bond acceptors (Lipinski definition) is 2. The molecule has 78 valence electrons. The lowest BCUT2D eigenvalue weighted by Crippen LogP contribution is -2.12. The van der Waals surface area contributed by atoms with Crippen LogP contribution >= 0.6 is 39.1 Å². The fourth-order valence-electron chi connectivity index (χ4n) is 0.766. The van der Waals surface area contributed by atoms with Crippen LogP contribution in [-0.4, -0.2) is 13.1 Å². The third-order valence-corrected chi connectivity index (χ3v) is 4.72. The van der Waals surface area contributed by atoms with E-state index in [1.54, 1.807) is 0 Å². The minimum Gasteiger partial charge on any atom is -0.283 e. The van der Waals surface area contributed by atoms with Crippen LogP contribution in [0.15, 0.2) is 18.2 Å². The molecule has 7 heteroatoms. The second-order valence-electron chi connectivity index (χ2n) is 2.45. The van der Waals surface area contributed by atoms with E-state index in [4.69, 9.17) is 23.2 Å². The molecule has 0 bridgehead atoms. The molecule has 0 aliphatic carbocycles. The predicted molar refractivity (Wildman–Crippen MR) is 62.8 cm³/mol. The van der Waals surface area contributed by atoms with Gasteiger partial charge in [0.25, 0.3) is 0 Å². The molecule has 0 heterocycles. The summed E-state index contributed by atoms with van der Waals surface area (Å²) in [6, 6.07) is 4.51. The van der Waals surface area contributed by atoms with E-state index in [2.05, 4.69) is 20.7 Å². The minimum atomic E-state index is -3.34. The second-order valence-corrected chi connectivity index (χ2v) is 6.29. The summed E-state index contributed by atoms with van der Waals surface area (Å²) in [5, 5.41) is 0.690. The lowest BCUT2D eigenvalue weighted by atomic mass is 10.3. The van der Waals surface area contributed by atoms with Gasteiger partial charge in [-0.1, -0.05) is 39.1 Å². The second kappa shape index (κ2) is 4.70. The van der Waals surface area contributed by atoms with Crippen LogP contribution < -0.4 is 4.72 Å². The molecule has 3 nitrogen and oxygen atoms in total. The molecule has 0 aromatic heterocycles. The van der Waals surface area contributed by atoms with Crippen LogP contribution in [0.4, 0.5) is 5.69 Å². The van der Waals surface area contributed by atoms with Crippen molar-refractivity contribution in [3.63, 3.8) is 0 Å². The van der Waals surface area contributed by atoms with Gasteiger partial charge in [-0.3, -0.25) is 4.72 Å². The molecule has 1 aromatic rings. The first-order chi connectivity index (χ1) is 6.44. The fourth-order valence-corrected chi connectivity index (χ4v) is 1.95. The third kappa shape index (κ3) is 3.31. The molecule has 1 aromatic carbocycles. The zero-order valence-corrected chi connectivity index (χ0v) is 10.7. The molecule has 14 heavy (non-hydrogen) atoms. The van der Waals surface area contributed by atoms with E-state index in [0.717, 1.165) is 0 Å². The van der Waals surface area contributed by atoms with Crippen LogP contribution in [0.3, 0.4) is 0 Å². The van der Waals surface area contributed by atoms with Gasteiger partial charge in [0.1, 0.15) is 4.66 Å². The van der Waals surface area contributed by atoms with Crippen LogP contribution in [0, 0.1) is 0 Å². The number of anilines is 1. The molecule has 0 fully saturated rings. The topological polar surface area (TPSA) is 46.2 Å². The summed E-state index contributed by atoms with van der Waals surface area (Å²) in [7, 11) is -3.34. The van der Waals surface area contributed by atoms with Crippen molar-refractivity contribution < 1.29 is 8.42 Å². The van der Waals surface area contributed by atoms with Crippen LogP contribution in [0.1, 0.15) is 0 Å². The highest BCUT2D eigenvalue weighted by Crippen LogP contribution is 2.25. The van der Waals surface area contributed by atoms with Gasteiger partial charge in [0, 0.05) is 0 Å². The predicted octanol–water partition coefficient (Wildman–Crippen LogP) is 3.09. The molecule has 0 aliphatic rings. The highest BCUT2D eigenvalue weighted by molar-refractivity contribution is 9.10. The van der Waals surface area contributed by atoms with E-state index in [-0.39, 0.29) is 4.66 Å². The number of benzene rings is 1. The molecule has 0 atom stereocenters. The summed E-state index contributed by atoms with van der Waals surface area (Å²) in [4.78, 5) is 0. The average Bonchev–Trinajstić information content (AvgIpc) is 2.11. The molecule has 0 spiro atoms. The number of alkyl halides is 1. The van der Waals surface area contributed by atoms with E-state index in [9.17, 15) is 8.42 Å². The van der Waals surface area contributed by atoms with Gasteiger partial charge in [-0.05, 0) is 18.2 Å². The van der Waals surface area contributed by atoms with Gasteiger partial charge in [0.15, 0.2) is 0 Å². The Kier molecular flexibility index (Phi) is 4.06. The van der Waals surface area contributed by atoms with E-state index >= 15 is 0 Å². The summed E-state index contributed by atoms with van der Waals surface area (Å²) in [5.74, 6) is 0. The Balaban J connectivity index is 2.94. The van der Waals surface area contributed by atoms with Gasteiger partial charge >= 0.3 is 0 Å². The lowest BCUT2D eigenvalue weighted by Gasteiger charge is -2.05. The smallest absolute Gasteiger partial charge is 0.242 e. The van der Waals surface area contributed by atoms with Crippen molar-refractivity contribution in [2.45, 2.75) is 0 Å². The molecule has 1 rings (SSSR count). The Morgan fingerprint density at radius 1 is 1.29 bits per heavy atom. The van der Waals surface area contributed by atoms with E-state index in [0.29, 0.717) is 15.7 Å². The first-order valence-corrected chi connectivity index (χ1v) is 6.99. The zero-order valence-electron chi connectivity index (χ0n) is 6.80. The van der Waals surface area contributed by atoms with Crippen molar-refractivity contribution in [2.75, 3.05) is 9.38 Å². The summed E-state index contributed by atoms with van der Waals surface area (Å²) in [6.45, 7) is 0. The Hall–Kier alpha value is 0.0300. The first kappa shape index (κ1) is 12.1. The molecule has 0 saturated carbocycles. The maximum atomic E-state index is 11.1. The quantitative estimate of drug-likeness (QED) is 0.870. The number of nitrogens with one attached hydrogen (secondary N) is 1. The van der Waals surface area contributed by atoms with Crippen molar-refractivity contribution in [1.29, 1.82) is 0 Å². The molecular weight excluding hydrogens is 313 g/mol. The molecular formula is C7H6BrCl2NO2S. The maximum absolute atomic E-state index is 11.1. The van der Waals surface area contributed by atoms with Crippen LogP contribution in [0.2, 0.25) is 10.0 Å². The van der Waals surface area contributed by atoms with Crippen LogP contribution in [0.5, 0.6) is 0 Å². The zero-order chi connectivity index (χ0) is 10.8. The summed E-state index contributed by atoms with van der Waals surface area (Å²) < 4.78 is 24.4. The Morgan fingerprint density at radius 3 is 2.43 bits per heavy atom. The number of rotatable bonds is 3. The van der Waals surface area contributed by atoms with E-state index in [1.165, 1.54) is 18.2 Å². The van der Waals surface area contributed by atoms with Crippen molar-refractivity contribution in [3.8, 4) is 0 Å². The van der Waals surface area contributed by atoms with Gasteiger partial charge in [-0.15, -0.1) is 0 Å². The molecule has 1 N–H and O–H groups in total. The van der Waals surface area contributed by atoms with E-state index < -0.39 is 10.0 Å². The van der Waals surface area contributed by atoms with E-state index in [1.807, 2.05) is 0 Å². The standard InChI is InChI=1S/C7H6BrCl2NO2S/c8-4-14(12,13)11-5-1-2-6(9)7(10)3-5/h1-3,11H,4H2. The Labute approximate surface area is 101 Å². The Morgan fingerprint density at radius 2 is 1.93 bits per heavy atom. The number of hydrogen-bond donors (Lipinski definition) is 1. The van der Waals surface area contributed by atoms with Crippen LogP contribution in [-0.2, 0) is 10.0 Å². The van der Waals surface area contributed by atoms with Gasteiger partial charge in [-0.25, -0.2) is 8.42 Å². The van der Waals surface area contributed by atoms with Crippen molar-refractivity contribution in [2.24, 2.45) is 0 Å². The largest absolute Gasteiger partial charge is 0.283 e. The molecule has 0 saturated heterocycles. The number of sulfonamides is 1. The van der Waals surface area contributed by atoms with Gasteiger partial charge in [0.2, 0.25) is 10.0 Å². The fraction of sp³-hybridized carbons (Fsp3) is 0.143. The van der Waals surface area contributed by atoms with Crippen molar-refractivity contribution >= 4 is 54.8 Å². The SMILES string of the molecule is O=S(=O)(CBr)Nc1ccc(Cl)c(Cl)c1. The monoisotopic (exact) mass is 317 g/mol. The van der Waals surface area contributed by atoms with Crippen LogP contribution in [0.25, 0.3) is 0 Å². The highest BCUT2D eigenvalue weighted by atomic mass is 79.9. The van der Waals surface area contributed by atoms with Gasteiger partial charge in [0.05, 0.1) is 15.7 Å². The van der Waals surface area contributed by atoms with Crippen molar-refractivity contribution in [3.05, 3.63) is 28.2 Å². The van der Waals surface area contributed by atoms with Gasteiger partial charge < -0.3 is 0 Å². The summed E-state index contributed by atoms with van der Waals surface area (Å²) in [5.41, 5.74) is 0.388. The average molecular weight is 319 g/mol. The summed E-state index contributed by atoms with van der Waals surface area (Å²) in [6.07, 6.45) is 0. The third-order valence-electron chi connectivity index (χ3n) is 1.34. The molecule has 0 radical (unpaired) electrons. The normalized spacial score (nSPS) is 11.4. The van der Waals surface area contributed by atoms with Gasteiger partial charge in [-0.2, -0.15) is 0 Å². The Bertz CT molecular complexity index is 435. The molecule has 0 amide bonds. The maximum Gasteiger partial charge on any atom is 0.242 e. The van der Waals surface area contributed by atoms with Crippen molar-refractivity contribution in [1.82, 2.24) is 0 Å². The summed E-state index contributed by atoms with van der Waals surface area (Å²) >= 11 is 14.2. The minimum absolute atomic E-state index is 0.166. The lowest BCUT2D eigenvalue weighted by molar-refractivity contribution is 0.606. The molecule has 0 unspecified atom stereocenters. The molecule has 0 aliphatic heterocycles. The first-order valence-electron chi connectivity index (χ1n) is 3.46.